The zero-order valence-corrected chi connectivity index (χ0v) is 7.62. The van der Waals surface area contributed by atoms with Crippen LogP contribution in [0.4, 0.5) is 0 Å². The number of carbonyl (C=O) groups excluding carboxylic acids is 2. The molecule has 0 amide bonds. The molecule has 1 fully saturated rings. The fraction of sp³-hybridized carbons (Fsp3) is 0.600. The highest BCUT2D eigenvalue weighted by atomic mass is 16.5. The summed E-state index contributed by atoms with van der Waals surface area (Å²) in [6.45, 7) is 3.66. The van der Waals surface area contributed by atoms with Crippen LogP contribution in [-0.4, -0.2) is 18.4 Å². The van der Waals surface area contributed by atoms with Crippen molar-refractivity contribution in [1.82, 2.24) is 0 Å². The molecular weight excluding hydrogens is 168 g/mol. The minimum atomic E-state index is -0.405. The van der Waals surface area contributed by atoms with Crippen molar-refractivity contribution in [3.8, 4) is 0 Å². The summed E-state index contributed by atoms with van der Waals surface area (Å²) in [7, 11) is 0. The zero-order chi connectivity index (χ0) is 9.68. The van der Waals surface area contributed by atoms with Gasteiger partial charge in [-0.15, -0.1) is 0 Å². The molecule has 1 aliphatic rings. The second-order valence-corrected chi connectivity index (χ2v) is 3.34. The van der Waals surface area contributed by atoms with Crippen LogP contribution < -0.4 is 0 Å². The Morgan fingerprint density at radius 3 is 3.08 bits per heavy atom. The number of carbonyl (C=O) groups is 2. The predicted octanol–water partition coefficient (Wildman–Crippen LogP) is 1.47. The lowest BCUT2D eigenvalue weighted by Crippen LogP contribution is -2.20. The van der Waals surface area contributed by atoms with Crippen molar-refractivity contribution >= 4 is 11.8 Å². The van der Waals surface area contributed by atoms with Gasteiger partial charge in [0.15, 0.2) is 0 Å². The van der Waals surface area contributed by atoms with Gasteiger partial charge in [0, 0.05) is 18.9 Å². The normalized spacial score (nSPS) is 22.5. The van der Waals surface area contributed by atoms with E-state index in [1.54, 1.807) is 0 Å². The molecule has 0 bridgehead atoms. The first kappa shape index (κ1) is 9.96. The minimum Gasteiger partial charge on any atom is -0.462 e. The predicted molar refractivity (Wildman–Crippen MR) is 48.1 cm³/mol. The van der Waals surface area contributed by atoms with Crippen molar-refractivity contribution in [2.24, 2.45) is 5.92 Å². The van der Waals surface area contributed by atoms with Crippen molar-refractivity contribution < 1.29 is 14.3 Å². The summed E-state index contributed by atoms with van der Waals surface area (Å²) in [6, 6.07) is 0. The Hall–Kier alpha value is -1.12. The summed E-state index contributed by atoms with van der Waals surface area (Å²) in [5, 5.41) is 0. The number of hydrogen-bond acceptors (Lipinski definition) is 3. The molecule has 0 aliphatic heterocycles. The molecule has 3 heteroatoms. The van der Waals surface area contributed by atoms with Gasteiger partial charge in [0.25, 0.3) is 0 Å². The van der Waals surface area contributed by atoms with Gasteiger partial charge in [-0.25, -0.2) is 4.79 Å². The van der Waals surface area contributed by atoms with Gasteiger partial charge in [-0.3, -0.25) is 4.79 Å². The molecule has 0 spiro atoms. The SMILES string of the molecule is C=CC(=O)OCC1CCCC(=O)C1. The van der Waals surface area contributed by atoms with Crippen LogP contribution >= 0.6 is 0 Å². The molecule has 1 unspecified atom stereocenters. The van der Waals surface area contributed by atoms with Gasteiger partial charge in [0.1, 0.15) is 5.78 Å². The summed E-state index contributed by atoms with van der Waals surface area (Å²) in [5.74, 6) is 0.106. The summed E-state index contributed by atoms with van der Waals surface area (Å²) >= 11 is 0. The second-order valence-electron chi connectivity index (χ2n) is 3.34. The zero-order valence-electron chi connectivity index (χ0n) is 7.62. The number of Topliss-reactive ketones (excluding diaryl/α,β-unsaturated/α-hetero) is 1. The van der Waals surface area contributed by atoms with Crippen molar-refractivity contribution in [1.29, 1.82) is 0 Å². The third-order valence-electron chi connectivity index (χ3n) is 2.21. The third kappa shape index (κ3) is 3.40. The Labute approximate surface area is 77.8 Å². The van der Waals surface area contributed by atoms with Crippen LogP contribution in [-0.2, 0) is 14.3 Å². The fourth-order valence-electron chi connectivity index (χ4n) is 1.52. The molecule has 0 aromatic heterocycles. The molecule has 1 atom stereocenters. The Kier molecular flexibility index (Phi) is 3.68. The van der Waals surface area contributed by atoms with E-state index in [1.165, 1.54) is 0 Å². The molecular formula is C10H14O3. The van der Waals surface area contributed by atoms with Gasteiger partial charge < -0.3 is 4.74 Å². The Balaban J connectivity index is 2.24. The lowest BCUT2D eigenvalue weighted by Gasteiger charge is -2.19. The minimum absolute atomic E-state index is 0.227. The maximum absolute atomic E-state index is 11.0. The first-order chi connectivity index (χ1) is 6.22. The molecule has 3 nitrogen and oxygen atoms in total. The van der Waals surface area contributed by atoms with E-state index in [1.807, 2.05) is 0 Å². The smallest absolute Gasteiger partial charge is 0.330 e. The van der Waals surface area contributed by atoms with Crippen LogP contribution in [0.25, 0.3) is 0 Å². The highest BCUT2D eigenvalue weighted by molar-refractivity contribution is 5.81. The van der Waals surface area contributed by atoms with Crippen LogP contribution in [0.15, 0.2) is 12.7 Å². The molecule has 72 valence electrons. The summed E-state index contributed by atoms with van der Waals surface area (Å²) in [5.41, 5.74) is 0. The molecule has 13 heavy (non-hydrogen) atoms. The highest BCUT2D eigenvalue weighted by Gasteiger charge is 2.20. The maximum Gasteiger partial charge on any atom is 0.330 e. The van der Waals surface area contributed by atoms with E-state index < -0.39 is 5.97 Å². The van der Waals surface area contributed by atoms with E-state index >= 15 is 0 Å². The van der Waals surface area contributed by atoms with Crippen molar-refractivity contribution in [2.45, 2.75) is 25.7 Å². The molecule has 0 N–H and O–H groups in total. The van der Waals surface area contributed by atoms with Crippen molar-refractivity contribution in [3.05, 3.63) is 12.7 Å². The number of rotatable bonds is 3. The second kappa shape index (κ2) is 4.80. The van der Waals surface area contributed by atoms with E-state index in [0.29, 0.717) is 19.4 Å². The summed E-state index contributed by atoms with van der Waals surface area (Å²) in [4.78, 5) is 21.7. The molecule has 0 saturated heterocycles. The van der Waals surface area contributed by atoms with E-state index in [0.717, 1.165) is 18.9 Å². The van der Waals surface area contributed by atoms with Crippen molar-refractivity contribution in [2.75, 3.05) is 6.61 Å². The number of hydrogen-bond donors (Lipinski definition) is 0. The number of esters is 1. The fourth-order valence-corrected chi connectivity index (χ4v) is 1.52. The molecule has 0 heterocycles. The molecule has 1 aliphatic carbocycles. The van der Waals surface area contributed by atoms with Crippen LogP contribution in [0.5, 0.6) is 0 Å². The lowest BCUT2D eigenvalue weighted by atomic mass is 9.89. The van der Waals surface area contributed by atoms with Crippen LogP contribution in [0.1, 0.15) is 25.7 Å². The third-order valence-corrected chi connectivity index (χ3v) is 2.21. The van der Waals surface area contributed by atoms with Crippen LogP contribution in [0.3, 0.4) is 0 Å². The maximum atomic E-state index is 11.0. The Bertz CT molecular complexity index is 220. The Morgan fingerprint density at radius 1 is 1.69 bits per heavy atom. The molecule has 1 saturated carbocycles. The van der Waals surface area contributed by atoms with Gasteiger partial charge >= 0.3 is 5.97 Å². The lowest BCUT2D eigenvalue weighted by molar-refractivity contribution is -0.140. The number of ether oxygens (including phenoxy) is 1. The molecule has 0 aromatic rings. The first-order valence-electron chi connectivity index (χ1n) is 4.53. The summed E-state index contributed by atoms with van der Waals surface area (Å²) < 4.78 is 4.87. The quantitative estimate of drug-likeness (QED) is 0.490. The van der Waals surface area contributed by atoms with Gasteiger partial charge in [0.05, 0.1) is 6.61 Å². The van der Waals surface area contributed by atoms with E-state index in [9.17, 15) is 9.59 Å². The average molecular weight is 182 g/mol. The highest BCUT2D eigenvalue weighted by Crippen LogP contribution is 2.21. The van der Waals surface area contributed by atoms with Gasteiger partial charge in [-0.2, -0.15) is 0 Å². The van der Waals surface area contributed by atoms with Crippen LogP contribution in [0.2, 0.25) is 0 Å². The summed E-state index contributed by atoms with van der Waals surface area (Å²) in [6.07, 6.45) is 4.30. The largest absolute Gasteiger partial charge is 0.462 e. The monoisotopic (exact) mass is 182 g/mol. The molecule has 0 radical (unpaired) electrons. The van der Waals surface area contributed by atoms with E-state index in [4.69, 9.17) is 4.74 Å². The van der Waals surface area contributed by atoms with Crippen LogP contribution in [0, 0.1) is 5.92 Å². The van der Waals surface area contributed by atoms with Gasteiger partial charge in [-0.1, -0.05) is 6.58 Å². The van der Waals surface area contributed by atoms with Gasteiger partial charge in [0.2, 0.25) is 0 Å². The molecule has 0 aromatic carbocycles. The van der Waals surface area contributed by atoms with Gasteiger partial charge in [-0.05, 0) is 18.8 Å². The van der Waals surface area contributed by atoms with E-state index in [-0.39, 0.29) is 11.7 Å². The standard InChI is InChI=1S/C10H14O3/c1-2-10(12)13-7-8-4-3-5-9(11)6-8/h2,8H,1,3-7H2. The van der Waals surface area contributed by atoms with Crippen molar-refractivity contribution in [3.63, 3.8) is 0 Å². The first-order valence-corrected chi connectivity index (χ1v) is 4.53. The number of ketones is 1. The molecule has 1 rings (SSSR count). The topological polar surface area (TPSA) is 43.4 Å². The average Bonchev–Trinajstić information content (AvgIpc) is 2.14. The Morgan fingerprint density at radius 2 is 2.46 bits per heavy atom. The van der Waals surface area contributed by atoms with E-state index in [2.05, 4.69) is 6.58 Å².